The summed E-state index contributed by atoms with van der Waals surface area (Å²) >= 11 is 5.92. The lowest BCUT2D eigenvalue weighted by atomic mass is 10.0. The number of carboxylic acids is 2. The van der Waals surface area contributed by atoms with Gasteiger partial charge in [-0.3, -0.25) is 4.79 Å². The van der Waals surface area contributed by atoms with E-state index in [2.05, 4.69) is 0 Å². The molecule has 0 bridgehead atoms. The minimum atomic E-state index is -1.10. The van der Waals surface area contributed by atoms with Crippen LogP contribution < -0.4 is 4.74 Å². The molecule has 0 saturated heterocycles. The number of hydrogen-bond donors (Lipinski definition) is 2. The molecule has 18 heavy (non-hydrogen) atoms. The lowest BCUT2D eigenvalue weighted by Gasteiger charge is -2.13. The molecule has 5 nitrogen and oxygen atoms in total. The summed E-state index contributed by atoms with van der Waals surface area (Å²) in [4.78, 5) is 21.4. The van der Waals surface area contributed by atoms with Gasteiger partial charge in [0.15, 0.2) is 6.10 Å². The van der Waals surface area contributed by atoms with Crippen molar-refractivity contribution in [2.24, 2.45) is 0 Å². The van der Waals surface area contributed by atoms with Gasteiger partial charge in [0.25, 0.3) is 0 Å². The van der Waals surface area contributed by atoms with E-state index in [-0.39, 0.29) is 10.8 Å². The fourth-order valence-electron chi connectivity index (χ4n) is 1.27. The molecule has 98 valence electrons. The Hall–Kier alpha value is -1.75. The Bertz CT molecular complexity index is 472. The molecular formula is C12H13ClO5. The number of rotatable bonds is 5. The van der Waals surface area contributed by atoms with Crippen molar-refractivity contribution in [1.82, 2.24) is 0 Å². The summed E-state index contributed by atoms with van der Waals surface area (Å²) in [5.41, 5.74) is 0.530. The van der Waals surface area contributed by atoms with Crippen LogP contribution in [0.1, 0.15) is 25.3 Å². The summed E-state index contributed by atoms with van der Waals surface area (Å²) in [6.45, 7) is 2.92. The van der Waals surface area contributed by atoms with Crippen molar-refractivity contribution < 1.29 is 24.5 Å². The molecular weight excluding hydrogens is 260 g/mol. The lowest BCUT2D eigenvalue weighted by molar-refractivity contribution is -0.144. The second-order valence-electron chi connectivity index (χ2n) is 3.85. The Morgan fingerprint density at radius 1 is 1.22 bits per heavy atom. The van der Waals surface area contributed by atoms with E-state index in [0.29, 0.717) is 5.56 Å². The predicted octanol–water partition coefficient (Wildman–Crippen LogP) is 2.38. The van der Waals surface area contributed by atoms with E-state index < -0.39 is 24.0 Å². The smallest absolute Gasteiger partial charge is 0.344 e. The second kappa shape index (κ2) is 5.73. The van der Waals surface area contributed by atoms with Crippen molar-refractivity contribution in [3.63, 3.8) is 0 Å². The zero-order chi connectivity index (χ0) is 13.9. The number of carboxylic acid groups (broad SMARTS) is 2. The third kappa shape index (κ3) is 3.37. The SMILES string of the molecule is CC(Oc1ccc(C(C)C(=O)O)cc1Cl)C(=O)O. The van der Waals surface area contributed by atoms with Crippen LogP contribution in [-0.4, -0.2) is 28.3 Å². The number of carbonyl (C=O) groups is 2. The van der Waals surface area contributed by atoms with Crippen LogP contribution in [0.5, 0.6) is 5.75 Å². The molecule has 1 rings (SSSR count). The Morgan fingerprint density at radius 3 is 2.28 bits per heavy atom. The van der Waals surface area contributed by atoms with Crippen molar-refractivity contribution in [2.75, 3.05) is 0 Å². The number of aliphatic carboxylic acids is 2. The predicted molar refractivity (Wildman–Crippen MR) is 65.2 cm³/mol. The van der Waals surface area contributed by atoms with E-state index in [0.717, 1.165) is 0 Å². The molecule has 1 aromatic carbocycles. The van der Waals surface area contributed by atoms with Crippen LogP contribution >= 0.6 is 11.6 Å². The Labute approximate surface area is 109 Å². The van der Waals surface area contributed by atoms with E-state index in [1.165, 1.54) is 26.0 Å². The van der Waals surface area contributed by atoms with Crippen LogP contribution in [0.3, 0.4) is 0 Å². The van der Waals surface area contributed by atoms with Gasteiger partial charge in [0.2, 0.25) is 0 Å². The highest BCUT2D eigenvalue weighted by molar-refractivity contribution is 6.32. The fraction of sp³-hybridized carbons (Fsp3) is 0.333. The third-order valence-electron chi connectivity index (χ3n) is 2.48. The first-order valence-electron chi connectivity index (χ1n) is 5.24. The molecule has 0 aliphatic carbocycles. The van der Waals surface area contributed by atoms with Crippen molar-refractivity contribution in [2.45, 2.75) is 25.9 Å². The molecule has 1 aromatic rings. The van der Waals surface area contributed by atoms with Crippen LogP contribution in [-0.2, 0) is 9.59 Å². The Kier molecular flexibility index (Phi) is 4.55. The highest BCUT2D eigenvalue weighted by Gasteiger charge is 2.18. The van der Waals surface area contributed by atoms with Crippen LogP contribution in [0.2, 0.25) is 5.02 Å². The van der Waals surface area contributed by atoms with Crippen LogP contribution in [0.15, 0.2) is 18.2 Å². The molecule has 0 saturated carbocycles. The average molecular weight is 273 g/mol. The highest BCUT2D eigenvalue weighted by Crippen LogP contribution is 2.29. The van der Waals surface area contributed by atoms with Gasteiger partial charge in [-0.05, 0) is 31.5 Å². The fourth-order valence-corrected chi connectivity index (χ4v) is 1.50. The van der Waals surface area contributed by atoms with Gasteiger partial charge in [-0.2, -0.15) is 0 Å². The van der Waals surface area contributed by atoms with Crippen molar-refractivity contribution >= 4 is 23.5 Å². The molecule has 0 heterocycles. The molecule has 2 unspecified atom stereocenters. The first-order valence-corrected chi connectivity index (χ1v) is 5.62. The maximum Gasteiger partial charge on any atom is 0.344 e. The summed E-state index contributed by atoms with van der Waals surface area (Å²) in [5.74, 6) is -2.53. The molecule has 0 aliphatic heterocycles. The van der Waals surface area contributed by atoms with Crippen molar-refractivity contribution in [1.29, 1.82) is 0 Å². The average Bonchev–Trinajstić information content (AvgIpc) is 2.30. The summed E-state index contributed by atoms with van der Waals surface area (Å²) in [6, 6.07) is 4.48. The molecule has 0 spiro atoms. The maximum absolute atomic E-state index is 10.8. The minimum absolute atomic E-state index is 0.189. The summed E-state index contributed by atoms with van der Waals surface area (Å²) < 4.78 is 5.12. The summed E-state index contributed by atoms with van der Waals surface area (Å²) in [7, 11) is 0. The van der Waals surface area contributed by atoms with E-state index >= 15 is 0 Å². The van der Waals surface area contributed by atoms with Gasteiger partial charge >= 0.3 is 11.9 Å². The normalized spacial score (nSPS) is 13.7. The van der Waals surface area contributed by atoms with Crippen LogP contribution in [0.4, 0.5) is 0 Å². The van der Waals surface area contributed by atoms with Gasteiger partial charge in [0, 0.05) is 0 Å². The number of benzene rings is 1. The van der Waals surface area contributed by atoms with E-state index in [1.54, 1.807) is 6.07 Å². The molecule has 0 aliphatic rings. The third-order valence-corrected chi connectivity index (χ3v) is 2.77. The molecule has 6 heteroatoms. The van der Waals surface area contributed by atoms with Crippen molar-refractivity contribution in [3.8, 4) is 5.75 Å². The van der Waals surface area contributed by atoms with E-state index in [4.69, 9.17) is 26.6 Å². The Morgan fingerprint density at radius 2 is 1.83 bits per heavy atom. The maximum atomic E-state index is 10.8. The van der Waals surface area contributed by atoms with Gasteiger partial charge in [0.05, 0.1) is 10.9 Å². The molecule has 2 atom stereocenters. The lowest BCUT2D eigenvalue weighted by Crippen LogP contribution is -2.23. The molecule has 0 amide bonds. The van der Waals surface area contributed by atoms with Gasteiger partial charge in [-0.25, -0.2) is 4.79 Å². The number of hydrogen-bond acceptors (Lipinski definition) is 3. The van der Waals surface area contributed by atoms with Crippen LogP contribution in [0, 0.1) is 0 Å². The first kappa shape index (κ1) is 14.3. The molecule has 0 aromatic heterocycles. The zero-order valence-electron chi connectivity index (χ0n) is 9.88. The summed E-state index contributed by atoms with van der Waals surface area (Å²) in [6.07, 6.45) is -1.02. The molecule has 0 fully saturated rings. The van der Waals surface area contributed by atoms with Crippen molar-refractivity contribution in [3.05, 3.63) is 28.8 Å². The topological polar surface area (TPSA) is 83.8 Å². The zero-order valence-corrected chi connectivity index (χ0v) is 10.6. The quantitative estimate of drug-likeness (QED) is 0.860. The monoisotopic (exact) mass is 272 g/mol. The highest BCUT2D eigenvalue weighted by atomic mass is 35.5. The largest absolute Gasteiger partial charge is 0.481 e. The summed E-state index contributed by atoms with van der Waals surface area (Å²) in [5, 5.41) is 17.8. The first-order chi connectivity index (χ1) is 8.32. The second-order valence-corrected chi connectivity index (χ2v) is 4.26. The molecule has 2 N–H and O–H groups in total. The van der Waals surface area contributed by atoms with Gasteiger partial charge in [-0.1, -0.05) is 17.7 Å². The van der Waals surface area contributed by atoms with Crippen LogP contribution in [0.25, 0.3) is 0 Å². The number of halogens is 1. The van der Waals surface area contributed by atoms with Gasteiger partial charge in [0.1, 0.15) is 5.75 Å². The Balaban J connectivity index is 2.93. The number of ether oxygens (including phenoxy) is 1. The molecule has 0 radical (unpaired) electrons. The van der Waals surface area contributed by atoms with E-state index in [9.17, 15) is 9.59 Å². The van der Waals surface area contributed by atoms with Gasteiger partial charge in [-0.15, -0.1) is 0 Å². The minimum Gasteiger partial charge on any atom is -0.481 e. The van der Waals surface area contributed by atoms with E-state index in [1.807, 2.05) is 0 Å². The van der Waals surface area contributed by atoms with Gasteiger partial charge < -0.3 is 14.9 Å². The standard InChI is InChI=1S/C12H13ClO5/c1-6(11(14)15)8-3-4-10(9(13)5-8)18-7(2)12(16)17/h3-7H,1-2H3,(H,14,15)(H,16,17).